The number of nitrogens with zero attached hydrogens (tertiary/aromatic N) is 1. The Labute approximate surface area is 161 Å². The maximum absolute atomic E-state index is 13.3. The predicted molar refractivity (Wildman–Crippen MR) is 108 cm³/mol. The molecule has 7 heteroatoms. The van der Waals surface area contributed by atoms with Crippen LogP contribution in [0.2, 0.25) is 0 Å². The summed E-state index contributed by atoms with van der Waals surface area (Å²) in [6.07, 6.45) is 1.74. The third-order valence-corrected chi connectivity index (χ3v) is 7.03. The van der Waals surface area contributed by atoms with Crippen molar-refractivity contribution in [3.05, 3.63) is 36.4 Å². The molecule has 0 aliphatic carbocycles. The van der Waals surface area contributed by atoms with Crippen molar-refractivity contribution in [2.45, 2.75) is 31.6 Å². The summed E-state index contributed by atoms with van der Waals surface area (Å²) in [4.78, 5) is 11.8. The fraction of sp³-hybridized carbons (Fsp3) is 0.450. The van der Waals surface area contributed by atoms with E-state index < -0.39 is 10.0 Å². The van der Waals surface area contributed by atoms with Crippen molar-refractivity contribution in [1.82, 2.24) is 9.62 Å². The summed E-state index contributed by atoms with van der Waals surface area (Å²) >= 11 is 0. The lowest BCUT2D eigenvalue weighted by atomic mass is 9.98. The van der Waals surface area contributed by atoms with Crippen LogP contribution in [-0.4, -0.2) is 44.8 Å². The number of hydrogen-bond acceptors (Lipinski definition) is 4. The number of rotatable bonds is 6. The van der Waals surface area contributed by atoms with Crippen LogP contribution in [-0.2, 0) is 14.8 Å². The summed E-state index contributed by atoms with van der Waals surface area (Å²) in [5.41, 5.74) is 0.626. The Hall–Kier alpha value is -1.96. The van der Waals surface area contributed by atoms with Crippen molar-refractivity contribution < 1.29 is 13.2 Å². The van der Waals surface area contributed by atoms with Crippen molar-refractivity contribution in [3.63, 3.8) is 0 Å². The average molecular weight is 390 g/mol. The Morgan fingerprint density at radius 1 is 1.11 bits per heavy atom. The molecule has 1 aliphatic heterocycles. The van der Waals surface area contributed by atoms with Gasteiger partial charge in [-0.05, 0) is 44.0 Å². The molecule has 1 saturated heterocycles. The number of amides is 1. The van der Waals surface area contributed by atoms with Crippen LogP contribution < -0.4 is 10.6 Å². The first-order valence-electron chi connectivity index (χ1n) is 9.43. The summed E-state index contributed by atoms with van der Waals surface area (Å²) in [7, 11) is -3.58. The van der Waals surface area contributed by atoms with Crippen LogP contribution in [0.1, 0.15) is 26.7 Å². The molecule has 0 saturated carbocycles. The standard InChI is InChI=1S/C20H27N3O3S/c1-3-21-14-16-10-12-23(13-11-16)27(25,26)20-9-8-19(22-15(2)24)17-6-4-5-7-18(17)20/h4-9,16,21H,3,10-14H2,1-2H3,(H,22,24). The van der Waals surface area contributed by atoms with E-state index in [9.17, 15) is 13.2 Å². The number of anilines is 1. The minimum Gasteiger partial charge on any atom is -0.326 e. The zero-order valence-electron chi connectivity index (χ0n) is 15.9. The molecular formula is C20H27N3O3S. The zero-order chi connectivity index (χ0) is 19.4. The highest BCUT2D eigenvalue weighted by Crippen LogP contribution is 2.32. The molecule has 1 heterocycles. The molecule has 146 valence electrons. The quantitative estimate of drug-likeness (QED) is 0.796. The molecule has 1 aliphatic rings. The number of sulfonamides is 1. The molecule has 2 N–H and O–H groups in total. The van der Waals surface area contributed by atoms with Crippen molar-refractivity contribution in [2.24, 2.45) is 5.92 Å². The monoisotopic (exact) mass is 389 g/mol. The Morgan fingerprint density at radius 2 is 1.78 bits per heavy atom. The van der Waals surface area contributed by atoms with Crippen LogP contribution in [0, 0.1) is 5.92 Å². The van der Waals surface area contributed by atoms with E-state index in [0.29, 0.717) is 35.0 Å². The number of benzene rings is 2. The van der Waals surface area contributed by atoms with E-state index in [0.717, 1.165) is 31.3 Å². The van der Waals surface area contributed by atoms with Gasteiger partial charge in [0.1, 0.15) is 0 Å². The first-order valence-corrected chi connectivity index (χ1v) is 10.9. The maximum atomic E-state index is 13.3. The van der Waals surface area contributed by atoms with Gasteiger partial charge >= 0.3 is 0 Å². The van der Waals surface area contributed by atoms with Crippen molar-refractivity contribution in [3.8, 4) is 0 Å². The van der Waals surface area contributed by atoms with Gasteiger partial charge in [0.05, 0.1) is 4.90 Å². The lowest BCUT2D eigenvalue weighted by Gasteiger charge is -2.31. The first kappa shape index (κ1) is 19.8. The number of fused-ring (bicyclic) bond motifs is 1. The lowest BCUT2D eigenvalue weighted by molar-refractivity contribution is -0.114. The fourth-order valence-corrected chi connectivity index (χ4v) is 5.30. The summed E-state index contributed by atoms with van der Waals surface area (Å²) in [5.74, 6) is 0.341. The Kier molecular flexibility index (Phi) is 6.14. The molecule has 0 aromatic heterocycles. The molecule has 0 atom stereocenters. The van der Waals surface area contributed by atoms with Gasteiger partial charge in [0.25, 0.3) is 0 Å². The highest BCUT2D eigenvalue weighted by Gasteiger charge is 2.30. The molecule has 0 bridgehead atoms. The van der Waals surface area contributed by atoms with Crippen LogP contribution in [0.15, 0.2) is 41.3 Å². The van der Waals surface area contributed by atoms with Crippen LogP contribution >= 0.6 is 0 Å². The zero-order valence-corrected chi connectivity index (χ0v) is 16.7. The van der Waals surface area contributed by atoms with Gasteiger partial charge in [-0.3, -0.25) is 4.79 Å². The van der Waals surface area contributed by atoms with Crippen LogP contribution in [0.5, 0.6) is 0 Å². The van der Waals surface area contributed by atoms with Gasteiger partial charge in [0.2, 0.25) is 15.9 Å². The molecular weight excluding hydrogens is 362 g/mol. The number of piperidine rings is 1. The molecule has 1 fully saturated rings. The van der Waals surface area contributed by atoms with Gasteiger partial charge in [-0.2, -0.15) is 4.31 Å². The Bertz CT molecular complexity index is 919. The van der Waals surface area contributed by atoms with Crippen LogP contribution in [0.3, 0.4) is 0 Å². The third-order valence-electron chi connectivity index (χ3n) is 5.07. The topological polar surface area (TPSA) is 78.5 Å². The minimum absolute atomic E-state index is 0.182. The van der Waals surface area contributed by atoms with Gasteiger partial charge in [-0.15, -0.1) is 0 Å². The molecule has 27 heavy (non-hydrogen) atoms. The second kappa shape index (κ2) is 8.37. The number of nitrogens with one attached hydrogen (secondary N) is 2. The molecule has 2 aromatic rings. The summed E-state index contributed by atoms with van der Waals surface area (Å²) in [5, 5.41) is 7.49. The largest absolute Gasteiger partial charge is 0.326 e. The van der Waals surface area contributed by atoms with Crippen molar-refractivity contribution in [1.29, 1.82) is 0 Å². The van der Waals surface area contributed by atoms with E-state index in [4.69, 9.17) is 0 Å². The maximum Gasteiger partial charge on any atom is 0.243 e. The molecule has 6 nitrogen and oxygen atoms in total. The van der Waals surface area contributed by atoms with E-state index in [1.165, 1.54) is 6.92 Å². The predicted octanol–water partition coefficient (Wildman–Crippen LogP) is 2.81. The van der Waals surface area contributed by atoms with Gasteiger partial charge < -0.3 is 10.6 Å². The van der Waals surface area contributed by atoms with Gasteiger partial charge in [-0.1, -0.05) is 31.2 Å². The third kappa shape index (κ3) is 4.31. The average Bonchev–Trinajstić information content (AvgIpc) is 2.66. The van der Waals surface area contributed by atoms with Crippen LogP contribution in [0.25, 0.3) is 10.8 Å². The lowest BCUT2D eigenvalue weighted by Crippen LogP contribution is -2.40. The Morgan fingerprint density at radius 3 is 2.41 bits per heavy atom. The van der Waals surface area contributed by atoms with E-state index >= 15 is 0 Å². The molecule has 0 radical (unpaired) electrons. The first-order chi connectivity index (χ1) is 12.9. The molecule has 0 unspecified atom stereocenters. The normalized spacial score (nSPS) is 16.5. The number of carbonyl (C=O) groups excluding carboxylic acids is 1. The Balaban J connectivity index is 1.89. The molecule has 3 rings (SSSR count). The number of carbonyl (C=O) groups is 1. The van der Waals surface area contributed by atoms with E-state index in [1.807, 2.05) is 18.2 Å². The smallest absolute Gasteiger partial charge is 0.243 e. The van der Waals surface area contributed by atoms with E-state index in [2.05, 4.69) is 17.6 Å². The van der Waals surface area contributed by atoms with Gasteiger partial charge in [0.15, 0.2) is 0 Å². The summed E-state index contributed by atoms with van der Waals surface area (Å²) < 4.78 is 28.1. The SMILES string of the molecule is CCNCC1CCN(S(=O)(=O)c2ccc(NC(C)=O)c3ccccc23)CC1. The molecule has 2 aromatic carbocycles. The van der Waals surface area contributed by atoms with E-state index in [-0.39, 0.29) is 5.91 Å². The second-order valence-corrected chi connectivity index (χ2v) is 8.90. The van der Waals surface area contributed by atoms with Crippen LogP contribution in [0.4, 0.5) is 5.69 Å². The second-order valence-electron chi connectivity index (χ2n) is 6.99. The van der Waals surface area contributed by atoms with Gasteiger partial charge in [0, 0.05) is 36.5 Å². The summed E-state index contributed by atoms with van der Waals surface area (Å²) in [6.45, 7) is 6.48. The molecule has 1 amide bonds. The molecule has 0 spiro atoms. The van der Waals surface area contributed by atoms with Gasteiger partial charge in [-0.25, -0.2) is 8.42 Å². The fourth-order valence-electron chi connectivity index (χ4n) is 3.64. The summed E-state index contributed by atoms with van der Waals surface area (Å²) in [6, 6.07) is 10.6. The number of hydrogen-bond donors (Lipinski definition) is 2. The van der Waals surface area contributed by atoms with E-state index in [1.54, 1.807) is 22.5 Å². The van der Waals surface area contributed by atoms with Crippen molar-refractivity contribution >= 4 is 32.4 Å². The minimum atomic E-state index is -3.58. The highest BCUT2D eigenvalue weighted by atomic mass is 32.2. The van der Waals surface area contributed by atoms with Crippen molar-refractivity contribution in [2.75, 3.05) is 31.5 Å². The highest BCUT2D eigenvalue weighted by molar-refractivity contribution is 7.89.